The summed E-state index contributed by atoms with van der Waals surface area (Å²) < 4.78 is 2.13. The third kappa shape index (κ3) is 1.22. The van der Waals surface area contributed by atoms with Crippen LogP contribution in [0.1, 0.15) is 10.4 Å². The van der Waals surface area contributed by atoms with Crippen LogP contribution >= 0.6 is 27.5 Å². The van der Waals surface area contributed by atoms with E-state index in [1.165, 1.54) is 10.9 Å². The molecule has 0 atom stereocenters. The summed E-state index contributed by atoms with van der Waals surface area (Å²) in [6.07, 6.45) is 1.42. The Hall–Kier alpha value is -0.350. The number of aromatic nitrogens is 2. The molecule has 5 heteroatoms. The van der Waals surface area contributed by atoms with E-state index < -0.39 is 5.24 Å². The van der Waals surface area contributed by atoms with E-state index in [0.29, 0.717) is 10.2 Å². The van der Waals surface area contributed by atoms with Crippen molar-refractivity contribution in [2.45, 2.75) is 0 Å². The maximum atomic E-state index is 10.6. The number of nitrogens with zero attached hydrogens (tertiary/aromatic N) is 2. The van der Waals surface area contributed by atoms with Crippen molar-refractivity contribution in [2.24, 2.45) is 7.05 Å². The summed E-state index contributed by atoms with van der Waals surface area (Å²) in [6.45, 7) is 0. The van der Waals surface area contributed by atoms with Crippen molar-refractivity contribution in [1.29, 1.82) is 0 Å². The van der Waals surface area contributed by atoms with Crippen LogP contribution in [0.2, 0.25) is 0 Å². The van der Waals surface area contributed by atoms with Crippen LogP contribution in [0.4, 0.5) is 0 Å². The highest BCUT2D eigenvalue weighted by Gasteiger charge is 2.10. The molecule has 3 nitrogen and oxygen atoms in total. The van der Waals surface area contributed by atoms with E-state index in [-0.39, 0.29) is 0 Å². The minimum atomic E-state index is -0.500. The molecule has 0 spiro atoms. The van der Waals surface area contributed by atoms with Crippen LogP contribution in [0.3, 0.4) is 0 Å². The van der Waals surface area contributed by atoms with Gasteiger partial charge in [-0.3, -0.25) is 9.48 Å². The number of aryl methyl sites for hydroxylation is 1. The summed E-state index contributed by atoms with van der Waals surface area (Å²) in [4.78, 5) is 10.6. The lowest BCUT2D eigenvalue weighted by Crippen LogP contribution is -1.91. The molecule has 0 aromatic carbocycles. The van der Waals surface area contributed by atoms with Crippen molar-refractivity contribution in [2.75, 3.05) is 0 Å². The second-order valence-electron chi connectivity index (χ2n) is 1.75. The van der Waals surface area contributed by atoms with Gasteiger partial charge in [0.2, 0.25) is 0 Å². The largest absolute Gasteiger partial charge is 0.275 e. The Morgan fingerprint density at radius 3 is 2.70 bits per heavy atom. The molecule has 0 saturated carbocycles. The predicted octanol–water partition coefficient (Wildman–Crippen LogP) is 1.56. The molecule has 0 radical (unpaired) electrons. The molecule has 0 amide bonds. The summed E-state index contributed by atoms with van der Waals surface area (Å²) in [5, 5.41) is 3.30. The third-order valence-electron chi connectivity index (χ3n) is 1.08. The van der Waals surface area contributed by atoms with Crippen molar-refractivity contribution < 1.29 is 4.79 Å². The molecule has 10 heavy (non-hydrogen) atoms. The van der Waals surface area contributed by atoms with Gasteiger partial charge in [0, 0.05) is 7.05 Å². The number of carbonyl (C=O) groups excluding carboxylic acids is 1. The van der Waals surface area contributed by atoms with Crippen LogP contribution in [0, 0.1) is 0 Å². The highest BCUT2D eigenvalue weighted by atomic mass is 79.9. The summed E-state index contributed by atoms with van der Waals surface area (Å²) in [5.74, 6) is 0. The number of carbonyl (C=O) groups is 1. The van der Waals surface area contributed by atoms with Gasteiger partial charge in [-0.05, 0) is 27.5 Å². The second-order valence-corrected chi connectivity index (χ2v) is 2.84. The molecule has 54 valence electrons. The minimum Gasteiger partial charge on any atom is -0.275 e. The first-order chi connectivity index (χ1) is 4.63. The van der Waals surface area contributed by atoms with Gasteiger partial charge >= 0.3 is 0 Å². The number of halogens is 2. The van der Waals surface area contributed by atoms with Gasteiger partial charge in [-0.2, -0.15) is 5.10 Å². The van der Waals surface area contributed by atoms with Gasteiger partial charge in [-0.1, -0.05) is 0 Å². The zero-order valence-corrected chi connectivity index (χ0v) is 7.48. The highest BCUT2D eigenvalue weighted by molar-refractivity contribution is 9.10. The fourth-order valence-corrected chi connectivity index (χ4v) is 1.18. The van der Waals surface area contributed by atoms with Crippen molar-refractivity contribution in [1.82, 2.24) is 9.78 Å². The van der Waals surface area contributed by atoms with E-state index in [0.717, 1.165) is 0 Å². The zero-order valence-electron chi connectivity index (χ0n) is 5.14. The minimum absolute atomic E-state index is 0.393. The first kappa shape index (κ1) is 7.75. The molecule has 0 aliphatic rings. The Balaban J connectivity index is 3.17. The average molecular weight is 223 g/mol. The molecule has 0 N–H and O–H groups in total. The molecule has 1 aromatic heterocycles. The molecule has 0 fully saturated rings. The van der Waals surface area contributed by atoms with Crippen LogP contribution in [0.25, 0.3) is 0 Å². The maximum absolute atomic E-state index is 10.6. The highest BCUT2D eigenvalue weighted by Crippen LogP contribution is 2.16. The van der Waals surface area contributed by atoms with Crippen molar-refractivity contribution in [3.05, 3.63) is 16.4 Å². The first-order valence-electron chi connectivity index (χ1n) is 2.50. The van der Waals surface area contributed by atoms with Crippen LogP contribution in [-0.2, 0) is 7.05 Å². The van der Waals surface area contributed by atoms with Crippen LogP contribution < -0.4 is 0 Å². The van der Waals surface area contributed by atoms with E-state index in [4.69, 9.17) is 11.6 Å². The molecule has 1 heterocycles. The maximum Gasteiger partial charge on any atom is 0.256 e. The van der Waals surface area contributed by atoms with Crippen molar-refractivity contribution in [3.8, 4) is 0 Å². The Kier molecular flexibility index (Phi) is 2.11. The van der Waals surface area contributed by atoms with Gasteiger partial charge in [0.05, 0.1) is 11.8 Å². The normalized spacial score (nSPS) is 9.90. The molecule has 0 unspecified atom stereocenters. The van der Waals surface area contributed by atoms with E-state index in [1.54, 1.807) is 7.05 Å². The molecule has 0 aliphatic carbocycles. The van der Waals surface area contributed by atoms with Gasteiger partial charge in [0.15, 0.2) is 0 Å². The van der Waals surface area contributed by atoms with E-state index in [1.807, 2.05) is 0 Å². The third-order valence-corrected chi connectivity index (χ3v) is 2.22. The lowest BCUT2D eigenvalue weighted by molar-refractivity contribution is 0.108. The Labute approximate surface area is 71.1 Å². The number of hydrogen-bond acceptors (Lipinski definition) is 2. The molecular formula is C5H4BrClN2O. The Bertz CT molecular complexity index is 271. The van der Waals surface area contributed by atoms with Gasteiger partial charge in [0.1, 0.15) is 4.60 Å². The smallest absolute Gasteiger partial charge is 0.256 e. The van der Waals surface area contributed by atoms with E-state index in [9.17, 15) is 4.79 Å². The number of hydrogen-bond donors (Lipinski definition) is 0. The lowest BCUT2D eigenvalue weighted by Gasteiger charge is -1.90. The monoisotopic (exact) mass is 222 g/mol. The quantitative estimate of drug-likeness (QED) is 0.677. The second kappa shape index (κ2) is 2.72. The Morgan fingerprint density at radius 2 is 2.50 bits per heavy atom. The van der Waals surface area contributed by atoms with Crippen molar-refractivity contribution in [3.63, 3.8) is 0 Å². The SMILES string of the molecule is Cn1ncc(C(=O)Cl)c1Br. The van der Waals surface area contributed by atoms with Crippen LogP contribution in [-0.4, -0.2) is 15.0 Å². The van der Waals surface area contributed by atoms with Gasteiger partial charge in [-0.15, -0.1) is 0 Å². The van der Waals surface area contributed by atoms with Crippen LogP contribution in [0.15, 0.2) is 10.8 Å². The van der Waals surface area contributed by atoms with Crippen molar-refractivity contribution >= 4 is 32.8 Å². The topological polar surface area (TPSA) is 34.9 Å². The molecule has 0 aliphatic heterocycles. The molecular weight excluding hydrogens is 219 g/mol. The zero-order chi connectivity index (χ0) is 7.72. The van der Waals surface area contributed by atoms with Gasteiger partial charge in [-0.25, -0.2) is 0 Å². The van der Waals surface area contributed by atoms with Crippen LogP contribution in [0.5, 0.6) is 0 Å². The first-order valence-corrected chi connectivity index (χ1v) is 3.67. The van der Waals surface area contributed by atoms with E-state index >= 15 is 0 Å². The standard InChI is InChI=1S/C5H4BrClN2O/c1-9-4(6)3(2-8-9)5(7)10/h2H,1H3. The molecule has 1 aromatic rings. The summed E-state index contributed by atoms with van der Waals surface area (Å²) in [5.41, 5.74) is 0.393. The lowest BCUT2D eigenvalue weighted by atomic mass is 10.4. The Morgan fingerprint density at radius 1 is 1.90 bits per heavy atom. The summed E-state index contributed by atoms with van der Waals surface area (Å²) in [7, 11) is 1.72. The molecule has 0 bridgehead atoms. The van der Waals surface area contributed by atoms with E-state index in [2.05, 4.69) is 21.0 Å². The van der Waals surface area contributed by atoms with Gasteiger partial charge < -0.3 is 0 Å². The number of rotatable bonds is 1. The van der Waals surface area contributed by atoms with Gasteiger partial charge in [0.25, 0.3) is 5.24 Å². The molecule has 1 rings (SSSR count). The predicted molar refractivity (Wildman–Crippen MR) is 41.1 cm³/mol. The fraction of sp³-hybridized carbons (Fsp3) is 0.200. The summed E-state index contributed by atoms with van der Waals surface area (Å²) in [6, 6.07) is 0. The molecule has 0 saturated heterocycles. The average Bonchev–Trinajstić information content (AvgIpc) is 2.14. The fourth-order valence-electron chi connectivity index (χ4n) is 0.554. The summed E-state index contributed by atoms with van der Waals surface area (Å²) >= 11 is 8.35.